The molecule has 292 valence electrons. The fourth-order valence-corrected chi connectivity index (χ4v) is 9.62. The molecule has 11 aromatic rings. The Bertz CT molecular complexity index is 3530. The molecule has 12 rings (SSSR count). The molecule has 0 amide bonds. The predicted molar refractivity (Wildman–Crippen MR) is 260 cm³/mol. The van der Waals surface area contributed by atoms with Crippen LogP contribution in [-0.4, -0.2) is 14.1 Å². The van der Waals surface area contributed by atoms with Gasteiger partial charge in [-0.3, -0.25) is 4.57 Å². The minimum Gasteiger partial charge on any atom is -0.309 e. The summed E-state index contributed by atoms with van der Waals surface area (Å²) in [5.41, 5.74) is 16.6. The third kappa shape index (κ3) is 6.17. The molecule has 0 radical (unpaired) electrons. The van der Waals surface area contributed by atoms with Crippen molar-refractivity contribution in [1.29, 1.82) is 0 Å². The number of hydrogen-bond acceptors (Lipinski definition) is 1. The molecule has 1 unspecified atom stereocenters. The second-order valence-electron chi connectivity index (χ2n) is 16.3. The second kappa shape index (κ2) is 14.9. The first kappa shape index (κ1) is 35.9. The van der Waals surface area contributed by atoms with Crippen LogP contribution < -0.4 is 0 Å². The Hall–Kier alpha value is -8.01. The first-order valence-electron chi connectivity index (χ1n) is 21.5. The number of nitrogens with zero attached hydrogens (tertiary/aromatic N) is 3. The summed E-state index contributed by atoms with van der Waals surface area (Å²) in [6.07, 6.45) is 7.96. The van der Waals surface area contributed by atoms with Crippen molar-refractivity contribution in [3.63, 3.8) is 0 Å². The van der Waals surface area contributed by atoms with Gasteiger partial charge in [0.15, 0.2) is 0 Å². The first-order chi connectivity index (χ1) is 30.7. The predicted octanol–water partition coefficient (Wildman–Crippen LogP) is 15.4. The molecule has 3 heteroatoms. The number of benzene rings is 8. The highest BCUT2D eigenvalue weighted by Gasteiger charge is 2.18. The molecule has 62 heavy (non-hydrogen) atoms. The molecule has 0 fully saturated rings. The van der Waals surface area contributed by atoms with Gasteiger partial charge in [-0.25, -0.2) is 4.98 Å². The summed E-state index contributed by atoms with van der Waals surface area (Å²) in [4.78, 5) is 5.35. The Kier molecular flexibility index (Phi) is 8.64. The average molecular weight is 792 g/mol. The van der Waals surface area contributed by atoms with Gasteiger partial charge in [-0.1, -0.05) is 158 Å². The lowest BCUT2D eigenvalue weighted by atomic mass is 9.87. The zero-order valence-corrected chi connectivity index (χ0v) is 34.1. The van der Waals surface area contributed by atoms with Crippen LogP contribution >= 0.6 is 0 Å². The van der Waals surface area contributed by atoms with Crippen LogP contribution in [0.15, 0.2) is 231 Å². The molecule has 3 nitrogen and oxygen atoms in total. The molecular weight excluding hydrogens is 751 g/mol. The van der Waals surface area contributed by atoms with Gasteiger partial charge in [0.1, 0.15) is 5.82 Å². The topological polar surface area (TPSA) is 22.8 Å². The number of para-hydroxylation sites is 2. The van der Waals surface area contributed by atoms with Crippen molar-refractivity contribution in [2.75, 3.05) is 0 Å². The third-order valence-corrected chi connectivity index (χ3v) is 12.7. The van der Waals surface area contributed by atoms with Gasteiger partial charge in [0.2, 0.25) is 0 Å². The normalized spacial score (nSPS) is 13.9. The molecule has 1 aliphatic carbocycles. The van der Waals surface area contributed by atoms with Crippen molar-refractivity contribution < 1.29 is 0 Å². The third-order valence-electron chi connectivity index (χ3n) is 12.7. The Morgan fingerprint density at radius 1 is 0.387 bits per heavy atom. The lowest BCUT2D eigenvalue weighted by Crippen LogP contribution is -2.00. The minimum absolute atomic E-state index is 0.326. The number of allylic oxidation sites excluding steroid dienone is 4. The molecule has 0 spiro atoms. The van der Waals surface area contributed by atoms with Crippen LogP contribution in [0.25, 0.3) is 94.2 Å². The van der Waals surface area contributed by atoms with E-state index in [1.807, 2.05) is 0 Å². The molecule has 1 atom stereocenters. The van der Waals surface area contributed by atoms with Gasteiger partial charge >= 0.3 is 0 Å². The summed E-state index contributed by atoms with van der Waals surface area (Å²) in [5, 5.41) is 4.89. The van der Waals surface area contributed by atoms with E-state index in [1.165, 1.54) is 71.5 Å². The number of pyridine rings is 1. The Balaban J connectivity index is 0.930. The summed E-state index contributed by atoms with van der Waals surface area (Å²) in [6.45, 7) is 0. The van der Waals surface area contributed by atoms with Gasteiger partial charge < -0.3 is 4.57 Å². The standard InChI is InChI=1S/C59H41N3/c1-4-14-40(15-5-1)42-26-28-43(29-27-42)44-18-12-19-48(36-44)54-23-13-25-59(60-54)62-55-24-11-10-22-50(55)51-38-46(32-35-58(51)62)47-31-34-57-53(39-47)52-37-45(41-16-6-2-7-17-41)30-33-56(52)61(57)49-20-8-3-9-21-49/h1-28,30-39,43H,29H2. The zero-order chi connectivity index (χ0) is 41.0. The zero-order valence-electron chi connectivity index (χ0n) is 34.1. The van der Waals surface area contributed by atoms with E-state index in [2.05, 4.69) is 240 Å². The maximum Gasteiger partial charge on any atom is 0.138 e. The van der Waals surface area contributed by atoms with Crippen molar-refractivity contribution in [2.24, 2.45) is 0 Å². The van der Waals surface area contributed by atoms with Crippen molar-refractivity contribution in [2.45, 2.75) is 12.3 Å². The summed E-state index contributed by atoms with van der Waals surface area (Å²) in [7, 11) is 0. The number of rotatable bonds is 7. The van der Waals surface area contributed by atoms with Crippen LogP contribution in [0.1, 0.15) is 23.5 Å². The van der Waals surface area contributed by atoms with Crippen LogP contribution in [0.4, 0.5) is 0 Å². The summed E-state index contributed by atoms with van der Waals surface area (Å²) in [6, 6.07) is 76.8. The maximum absolute atomic E-state index is 5.35. The SMILES string of the molecule is C1=CC(c2cccc(-c3cccc(-n4c5ccccc5c5cc(-c6ccc7c(c6)c6cc(-c8ccccc8)ccc6n7-c6ccccc6)ccc54)n3)c2)CC=C1c1ccccc1. The van der Waals surface area contributed by atoms with E-state index >= 15 is 0 Å². The van der Waals surface area contributed by atoms with Gasteiger partial charge in [-0.2, -0.15) is 0 Å². The van der Waals surface area contributed by atoms with E-state index in [-0.39, 0.29) is 0 Å². The van der Waals surface area contributed by atoms with Crippen LogP contribution in [0, 0.1) is 0 Å². The highest BCUT2D eigenvalue weighted by Crippen LogP contribution is 2.40. The fourth-order valence-electron chi connectivity index (χ4n) is 9.62. The van der Waals surface area contributed by atoms with Gasteiger partial charge in [0.25, 0.3) is 0 Å². The van der Waals surface area contributed by atoms with E-state index in [4.69, 9.17) is 4.98 Å². The summed E-state index contributed by atoms with van der Waals surface area (Å²) in [5.74, 6) is 1.23. The molecule has 0 N–H and O–H groups in total. The van der Waals surface area contributed by atoms with Gasteiger partial charge in [-0.05, 0) is 118 Å². The highest BCUT2D eigenvalue weighted by atomic mass is 15.1. The monoisotopic (exact) mass is 791 g/mol. The number of fused-ring (bicyclic) bond motifs is 6. The average Bonchev–Trinajstić information content (AvgIpc) is 3.87. The van der Waals surface area contributed by atoms with Crippen LogP contribution in [0.3, 0.4) is 0 Å². The molecule has 0 aliphatic heterocycles. The molecule has 8 aromatic carbocycles. The molecule has 0 bridgehead atoms. The second-order valence-corrected chi connectivity index (χ2v) is 16.3. The van der Waals surface area contributed by atoms with Gasteiger partial charge in [0.05, 0.1) is 27.8 Å². The van der Waals surface area contributed by atoms with Crippen molar-refractivity contribution in [3.8, 4) is 45.0 Å². The van der Waals surface area contributed by atoms with Crippen LogP contribution in [0.2, 0.25) is 0 Å². The fraction of sp³-hybridized carbons (Fsp3) is 0.0339. The number of aromatic nitrogens is 3. The van der Waals surface area contributed by atoms with E-state index in [1.54, 1.807) is 0 Å². The van der Waals surface area contributed by atoms with E-state index in [0.717, 1.165) is 40.2 Å². The molecule has 1 aliphatic rings. The smallest absolute Gasteiger partial charge is 0.138 e. The largest absolute Gasteiger partial charge is 0.309 e. The summed E-state index contributed by atoms with van der Waals surface area (Å²) < 4.78 is 4.72. The van der Waals surface area contributed by atoms with E-state index in [9.17, 15) is 0 Å². The number of hydrogen-bond donors (Lipinski definition) is 0. The molecule has 0 saturated heterocycles. The van der Waals surface area contributed by atoms with E-state index in [0.29, 0.717) is 5.92 Å². The molecule has 0 saturated carbocycles. The lowest BCUT2D eigenvalue weighted by Gasteiger charge is -2.18. The highest BCUT2D eigenvalue weighted by molar-refractivity contribution is 6.13. The maximum atomic E-state index is 5.35. The Labute approximate surface area is 360 Å². The van der Waals surface area contributed by atoms with Gasteiger partial charge in [-0.15, -0.1) is 0 Å². The first-order valence-corrected chi connectivity index (χ1v) is 21.5. The summed E-state index contributed by atoms with van der Waals surface area (Å²) >= 11 is 0. The Morgan fingerprint density at radius 3 is 1.61 bits per heavy atom. The van der Waals surface area contributed by atoms with Crippen LogP contribution in [0.5, 0.6) is 0 Å². The van der Waals surface area contributed by atoms with Crippen LogP contribution in [-0.2, 0) is 0 Å². The quantitative estimate of drug-likeness (QED) is 0.158. The Morgan fingerprint density at radius 2 is 0.935 bits per heavy atom. The van der Waals surface area contributed by atoms with Gasteiger partial charge in [0, 0.05) is 38.7 Å². The van der Waals surface area contributed by atoms with Crippen molar-refractivity contribution in [3.05, 3.63) is 242 Å². The van der Waals surface area contributed by atoms with Crippen molar-refractivity contribution in [1.82, 2.24) is 14.1 Å². The minimum atomic E-state index is 0.326. The van der Waals surface area contributed by atoms with Crippen molar-refractivity contribution >= 4 is 49.2 Å². The molecular formula is C59H41N3. The lowest BCUT2D eigenvalue weighted by molar-refractivity contribution is 0.857. The molecule has 3 heterocycles. The van der Waals surface area contributed by atoms with E-state index < -0.39 is 0 Å². The molecule has 3 aromatic heterocycles.